The zero-order valence-corrected chi connectivity index (χ0v) is 12.8. The van der Waals surface area contributed by atoms with Crippen LogP contribution in [-0.2, 0) is 11.2 Å². The molecule has 2 rings (SSSR count). The van der Waals surface area contributed by atoms with E-state index in [9.17, 15) is 13.2 Å². The quantitative estimate of drug-likeness (QED) is 0.848. The Morgan fingerprint density at radius 1 is 1.38 bits per heavy atom. The Balaban J connectivity index is 0.00000106. The van der Waals surface area contributed by atoms with Gasteiger partial charge >= 0.3 is 6.18 Å². The predicted octanol–water partition coefficient (Wildman–Crippen LogP) is 3.83. The molecule has 0 aromatic carbocycles. The highest BCUT2D eigenvalue weighted by atomic mass is 19.4. The highest BCUT2D eigenvalue weighted by Gasteiger charge is 2.43. The van der Waals surface area contributed by atoms with Crippen LogP contribution in [0.5, 0.6) is 0 Å². The molecule has 1 saturated heterocycles. The molecule has 1 fully saturated rings. The summed E-state index contributed by atoms with van der Waals surface area (Å²) in [5.41, 5.74) is 0.993. The molecule has 0 saturated carbocycles. The number of alkyl halides is 3. The Morgan fingerprint density at radius 2 is 2.10 bits per heavy atom. The maximum Gasteiger partial charge on any atom is 0.416 e. The molecule has 0 aliphatic carbocycles. The Hall–Kier alpha value is -1.30. The van der Waals surface area contributed by atoms with Gasteiger partial charge < -0.3 is 9.64 Å². The Bertz CT molecular complexity index is 424. The maximum atomic E-state index is 12.7. The van der Waals surface area contributed by atoms with Gasteiger partial charge in [-0.3, -0.25) is 0 Å². The number of anilines is 1. The normalized spacial score (nSPS) is 19.0. The van der Waals surface area contributed by atoms with Crippen LogP contribution in [0.15, 0.2) is 18.3 Å². The monoisotopic (exact) mass is 304 g/mol. The second-order valence-electron chi connectivity index (χ2n) is 4.58. The van der Waals surface area contributed by atoms with Crippen LogP contribution in [0.4, 0.5) is 19.0 Å². The number of rotatable bonds is 3. The molecular formula is C15H23F3N2O. The molecule has 0 radical (unpaired) electrons. The lowest BCUT2D eigenvalue weighted by atomic mass is 10.1. The summed E-state index contributed by atoms with van der Waals surface area (Å²) in [7, 11) is 0. The van der Waals surface area contributed by atoms with Crippen molar-refractivity contribution in [1.29, 1.82) is 0 Å². The van der Waals surface area contributed by atoms with Gasteiger partial charge in [0, 0.05) is 12.7 Å². The molecular weight excluding hydrogens is 281 g/mol. The number of nitrogens with zero attached hydrogens (tertiary/aromatic N) is 2. The molecule has 1 atom stereocenters. The van der Waals surface area contributed by atoms with E-state index < -0.39 is 12.3 Å². The number of pyridine rings is 1. The lowest BCUT2D eigenvalue weighted by Gasteiger charge is -2.35. The van der Waals surface area contributed by atoms with Gasteiger partial charge in [0.15, 0.2) is 6.10 Å². The topological polar surface area (TPSA) is 25.4 Å². The summed E-state index contributed by atoms with van der Waals surface area (Å²) >= 11 is 0. The van der Waals surface area contributed by atoms with Crippen LogP contribution in [0.1, 0.15) is 32.8 Å². The smallest absolute Gasteiger partial charge is 0.365 e. The van der Waals surface area contributed by atoms with Crippen LogP contribution in [0.3, 0.4) is 0 Å². The van der Waals surface area contributed by atoms with E-state index in [-0.39, 0.29) is 13.2 Å². The van der Waals surface area contributed by atoms with Crippen molar-refractivity contribution in [3.8, 4) is 0 Å². The summed E-state index contributed by atoms with van der Waals surface area (Å²) in [6, 6.07) is 3.74. The molecule has 6 heteroatoms. The van der Waals surface area contributed by atoms with Crippen LogP contribution in [0, 0.1) is 0 Å². The average Bonchev–Trinajstić information content (AvgIpc) is 2.49. The molecule has 0 bridgehead atoms. The maximum absolute atomic E-state index is 12.7. The van der Waals surface area contributed by atoms with Crippen molar-refractivity contribution >= 4 is 5.82 Å². The first-order valence-corrected chi connectivity index (χ1v) is 7.39. The van der Waals surface area contributed by atoms with E-state index in [4.69, 9.17) is 4.74 Å². The average molecular weight is 304 g/mol. The summed E-state index contributed by atoms with van der Waals surface area (Å²) in [6.45, 7) is 6.37. The molecule has 1 aliphatic rings. The van der Waals surface area contributed by atoms with E-state index in [0.717, 1.165) is 18.4 Å². The van der Waals surface area contributed by atoms with Crippen molar-refractivity contribution in [3.63, 3.8) is 0 Å². The minimum atomic E-state index is -4.32. The molecule has 0 spiro atoms. The van der Waals surface area contributed by atoms with Crippen molar-refractivity contribution in [2.24, 2.45) is 0 Å². The second kappa shape index (κ2) is 8.22. The number of hydrogen-bond donors (Lipinski definition) is 0. The van der Waals surface area contributed by atoms with E-state index in [1.807, 2.05) is 32.9 Å². The van der Waals surface area contributed by atoms with Gasteiger partial charge in [-0.15, -0.1) is 0 Å². The van der Waals surface area contributed by atoms with Gasteiger partial charge in [0.2, 0.25) is 0 Å². The Kier molecular flexibility index (Phi) is 6.95. The van der Waals surface area contributed by atoms with Gasteiger partial charge in [-0.25, -0.2) is 4.98 Å². The van der Waals surface area contributed by atoms with Crippen LogP contribution >= 0.6 is 0 Å². The third-order valence-electron chi connectivity index (χ3n) is 3.12. The van der Waals surface area contributed by atoms with Gasteiger partial charge in [-0.2, -0.15) is 13.2 Å². The summed E-state index contributed by atoms with van der Waals surface area (Å²) in [5, 5.41) is 0. The number of aromatic nitrogens is 1. The Morgan fingerprint density at radius 3 is 2.71 bits per heavy atom. The van der Waals surface area contributed by atoms with E-state index in [1.54, 1.807) is 11.1 Å². The summed E-state index contributed by atoms with van der Waals surface area (Å²) in [5.74, 6) is 0.655. The summed E-state index contributed by atoms with van der Waals surface area (Å²) in [6.07, 6.45) is -2.67. The van der Waals surface area contributed by atoms with Crippen molar-refractivity contribution in [1.82, 2.24) is 4.98 Å². The van der Waals surface area contributed by atoms with Gasteiger partial charge in [-0.1, -0.05) is 33.3 Å². The minimum Gasteiger partial charge on any atom is -0.365 e. The molecule has 0 N–H and O–H groups in total. The largest absolute Gasteiger partial charge is 0.416 e. The van der Waals surface area contributed by atoms with E-state index in [0.29, 0.717) is 12.4 Å². The number of aryl methyl sites for hydroxylation is 1. The molecule has 21 heavy (non-hydrogen) atoms. The fourth-order valence-corrected chi connectivity index (χ4v) is 2.22. The fourth-order valence-electron chi connectivity index (χ4n) is 2.22. The van der Waals surface area contributed by atoms with Gasteiger partial charge in [0.05, 0.1) is 13.2 Å². The SMILES string of the molecule is CC.CCCc1cccnc1N1CCOC(C(F)(F)F)C1. The zero-order valence-electron chi connectivity index (χ0n) is 12.8. The third kappa shape index (κ3) is 4.88. The number of halogens is 3. The van der Waals surface area contributed by atoms with Crippen LogP contribution in [0.2, 0.25) is 0 Å². The van der Waals surface area contributed by atoms with Gasteiger partial charge in [0.25, 0.3) is 0 Å². The van der Waals surface area contributed by atoms with Crippen molar-refractivity contribution in [2.45, 2.75) is 45.9 Å². The molecule has 1 aromatic rings. The summed E-state index contributed by atoms with van der Waals surface area (Å²) < 4.78 is 42.9. The van der Waals surface area contributed by atoms with Crippen LogP contribution in [-0.4, -0.2) is 37.0 Å². The van der Waals surface area contributed by atoms with E-state index >= 15 is 0 Å². The van der Waals surface area contributed by atoms with Crippen LogP contribution < -0.4 is 4.90 Å². The molecule has 2 heterocycles. The number of ether oxygens (including phenoxy) is 1. The first kappa shape index (κ1) is 17.8. The Labute approximate surface area is 124 Å². The molecule has 1 aliphatic heterocycles. The summed E-state index contributed by atoms with van der Waals surface area (Å²) in [4.78, 5) is 5.91. The first-order chi connectivity index (χ1) is 10.0. The van der Waals surface area contributed by atoms with E-state index in [2.05, 4.69) is 4.98 Å². The number of hydrogen-bond acceptors (Lipinski definition) is 3. The standard InChI is InChI=1S/C13H17F3N2O.C2H6/c1-2-4-10-5-3-6-17-12(10)18-7-8-19-11(9-18)13(14,15)16;1-2/h3,5-6,11H,2,4,7-9H2,1H3;1-2H3. The van der Waals surface area contributed by atoms with Crippen molar-refractivity contribution in [2.75, 3.05) is 24.6 Å². The minimum absolute atomic E-state index is 0.0757. The van der Waals surface area contributed by atoms with E-state index in [1.165, 1.54) is 0 Å². The molecule has 1 unspecified atom stereocenters. The first-order valence-electron chi connectivity index (χ1n) is 7.39. The highest BCUT2D eigenvalue weighted by Crippen LogP contribution is 2.28. The van der Waals surface area contributed by atoms with Gasteiger partial charge in [-0.05, 0) is 18.1 Å². The second-order valence-corrected chi connectivity index (χ2v) is 4.58. The highest BCUT2D eigenvalue weighted by molar-refractivity contribution is 5.47. The van der Waals surface area contributed by atoms with Crippen molar-refractivity contribution in [3.05, 3.63) is 23.9 Å². The lowest BCUT2D eigenvalue weighted by molar-refractivity contribution is -0.221. The molecule has 3 nitrogen and oxygen atoms in total. The van der Waals surface area contributed by atoms with Crippen LogP contribution in [0.25, 0.3) is 0 Å². The lowest BCUT2D eigenvalue weighted by Crippen LogP contribution is -2.49. The van der Waals surface area contributed by atoms with Crippen molar-refractivity contribution < 1.29 is 17.9 Å². The van der Waals surface area contributed by atoms with Gasteiger partial charge in [0.1, 0.15) is 5.82 Å². The fraction of sp³-hybridized carbons (Fsp3) is 0.667. The number of morpholine rings is 1. The zero-order chi connectivity index (χ0) is 15.9. The molecule has 120 valence electrons. The predicted molar refractivity (Wildman–Crippen MR) is 77.6 cm³/mol. The molecule has 1 aromatic heterocycles. The molecule has 0 amide bonds. The third-order valence-corrected chi connectivity index (χ3v) is 3.12.